The first-order valence-corrected chi connectivity index (χ1v) is 6.97. The molecule has 0 aliphatic rings. The number of hydrogen-bond donors (Lipinski definition) is 1. The molecule has 1 atom stereocenters. The number of nitrogens with zero attached hydrogens (tertiary/aromatic N) is 1. The minimum absolute atomic E-state index is 0.339. The van der Waals surface area contributed by atoms with Crippen LogP contribution in [0.15, 0.2) is 36.4 Å². The van der Waals surface area contributed by atoms with Crippen LogP contribution in [0.1, 0.15) is 17.2 Å². The Bertz CT molecular complexity index is 566. The number of aliphatic hydroxyl groups excluding tert-OH is 1. The number of aryl methyl sites for hydroxylation is 1. The molecule has 0 aromatic heterocycles. The molecule has 0 saturated carbocycles. The summed E-state index contributed by atoms with van der Waals surface area (Å²) in [6, 6.07) is 12.4. The van der Waals surface area contributed by atoms with Crippen LogP contribution < -0.4 is 0 Å². The fourth-order valence-corrected chi connectivity index (χ4v) is 2.13. The maximum absolute atomic E-state index is 10.2. The van der Waals surface area contributed by atoms with Gasteiger partial charge in [0.05, 0.1) is 13.2 Å². The Hall–Kier alpha value is -1.42. The average Bonchev–Trinajstić information content (AvgIpc) is 2.42. The highest BCUT2D eigenvalue weighted by Gasteiger charge is 2.08. The van der Waals surface area contributed by atoms with Crippen LogP contribution in [-0.4, -0.2) is 43.9 Å². The Morgan fingerprint density at radius 2 is 1.80 bits per heavy atom. The first kappa shape index (κ1) is 15.0. The highest BCUT2D eigenvalue weighted by Crippen LogP contribution is 2.21. The van der Waals surface area contributed by atoms with Crippen molar-refractivity contribution in [3.05, 3.63) is 47.5 Å². The Kier molecular flexibility index (Phi) is 5.12. The van der Waals surface area contributed by atoms with Crippen LogP contribution in [0.5, 0.6) is 0 Å². The first-order valence-electron chi connectivity index (χ1n) is 6.97. The van der Waals surface area contributed by atoms with Crippen LogP contribution in [0.2, 0.25) is 0 Å². The van der Waals surface area contributed by atoms with Crippen molar-refractivity contribution in [2.24, 2.45) is 0 Å². The van der Waals surface area contributed by atoms with Crippen LogP contribution in [0.3, 0.4) is 0 Å². The number of likely N-dealkylation sites (N-methyl/N-ethyl adjacent to an activating group) is 1. The Labute approximate surface area is 120 Å². The van der Waals surface area contributed by atoms with Gasteiger partial charge in [0, 0.05) is 6.54 Å². The summed E-state index contributed by atoms with van der Waals surface area (Å²) in [4.78, 5) is 2.06. The van der Waals surface area contributed by atoms with Crippen molar-refractivity contribution in [1.29, 1.82) is 0 Å². The lowest BCUT2D eigenvalue weighted by Gasteiger charge is -2.14. The molecule has 20 heavy (non-hydrogen) atoms. The molecule has 0 bridgehead atoms. The molecule has 3 heteroatoms. The molecule has 0 spiro atoms. The topological polar surface area (TPSA) is 32.7 Å². The molecule has 0 saturated heterocycles. The van der Waals surface area contributed by atoms with Gasteiger partial charge in [-0.2, -0.15) is 0 Å². The number of fused-ring (bicyclic) bond motifs is 1. The molecule has 2 rings (SSSR count). The van der Waals surface area contributed by atoms with Crippen LogP contribution in [0, 0.1) is 6.92 Å². The maximum Gasteiger partial charge on any atom is 0.102 e. The van der Waals surface area contributed by atoms with Crippen molar-refractivity contribution in [1.82, 2.24) is 4.90 Å². The van der Waals surface area contributed by atoms with Crippen molar-refractivity contribution >= 4 is 10.8 Å². The molecule has 1 unspecified atom stereocenters. The van der Waals surface area contributed by atoms with E-state index < -0.39 is 6.10 Å². The van der Waals surface area contributed by atoms with Crippen molar-refractivity contribution < 1.29 is 9.84 Å². The highest BCUT2D eigenvalue weighted by molar-refractivity contribution is 5.83. The Morgan fingerprint density at radius 1 is 1.10 bits per heavy atom. The third-order valence-corrected chi connectivity index (χ3v) is 3.36. The summed E-state index contributed by atoms with van der Waals surface area (Å²) >= 11 is 0. The summed E-state index contributed by atoms with van der Waals surface area (Å²) in [5, 5.41) is 12.5. The van der Waals surface area contributed by atoms with Gasteiger partial charge in [0.2, 0.25) is 0 Å². The molecule has 2 aromatic rings. The van der Waals surface area contributed by atoms with Gasteiger partial charge < -0.3 is 14.7 Å². The van der Waals surface area contributed by atoms with Crippen molar-refractivity contribution in [3.63, 3.8) is 0 Å². The van der Waals surface area contributed by atoms with Gasteiger partial charge in [0.25, 0.3) is 0 Å². The standard InChI is InChI=1S/C17H23NO2/c1-13-4-5-15-11-16(7-6-14(15)10-13)17(19)12-20-9-8-18(2)3/h4-7,10-11,17,19H,8-9,12H2,1-3H3. The maximum atomic E-state index is 10.2. The molecule has 108 valence electrons. The van der Waals surface area contributed by atoms with Crippen molar-refractivity contribution in [2.45, 2.75) is 13.0 Å². The zero-order valence-electron chi connectivity index (χ0n) is 12.5. The molecule has 0 aliphatic heterocycles. The zero-order valence-corrected chi connectivity index (χ0v) is 12.5. The fourth-order valence-electron chi connectivity index (χ4n) is 2.13. The number of benzene rings is 2. The Balaban J connectivity index is 1.99. The summed E-state index contributed by atoms with van der Waals surface area (Å²) in [5.74, 6) is 0. The van der Waals surface area contributed by atoms with Gasteiger partial charge in [-0.1, -0.05) is 35.9 Å². The monoisotopic (exact) mass is 273 g/mol. The third-order valence-electron chi connectivity index (χ3n) is 3.36. The number of hydrogen-bond acceptors (Lipinski definition) is 3. The van der Waals surface area contributed by atoms with Gasteiger partial charge in [-0.15, -0.1) is 0 Å². The van der Waals surface area contributed by atoms with Gasteiger partial charge in [-0.3, -0.25) is 0 Å². The number of rotatable bonds is 6. The smallest absolute Gasteiger partial charge is 0.102 e. The van der Waals surface area contributed by atoms with E-state index in [1.165, 1.54) is 10.9 Å². The molecule has 0 radical (unpaired) electrons. The summed E-state index contributed by atoms with van der Waals surface area (Å²) in [7, 11) is 4.01. The minimum Gasteiger partial charge on any atom is -0.386 e. The number of aliphatic hydroxyl groups is 1. The van der Waals surface area contributed by atoms with E-state index in [0.29, 0.717) is 13.2 Å². The van der Waals surface area contributed by atoms with E-state index in [-0.39, 0.29) is 0 Å². The van der Waals surface area contributed by atoms with E-state index in [0.717, 1.165) is 17.5 Å². The second-order valence-electron chi connectivity index (χ2n) is 5.50. The molecular weight excluding hydrogens is 250 g/mol. The van der Waals surface area contributed by atoms with E-state index in [9.17, 15) is 5.11 Å². The summed E-state index contributed by atoms with van der Waals surface area (Å²) in [6.45, 7) is 3.92. The molecule has 0 fully saturated rings. The largest absolute Gasteiger partial charge is 0.386 e. The van der Waals surface area contributed by atoms with Crippen LogP contribution in [-0.2, 0) is 4.74 Å². The molecule has 0 aliphatic carbocycles. The van der Waals surface area contributed by atoms with E-state index in [1.54, 1.807) is 0 Å². The molecule has 3 nitrogen and oxygen atoms in total. The van der Waals surface area contributed by atoms with Crippen LogP contribution in [0.25, 0.3) is 10.8 Å². The molecule has 2 aromatic carbocycles. The SMILES string of the molecule is Cc1ccc2cc(C(O)COCCN(C)C)ccc2c1. The van der Waals surface area contributed by atoms with Gasteiger partial charge in [0.1, 0.15) is 6.10 Å². The van der Waals surface area contributed by atoms with Crippen LogP contribution >= 0.6 is 0 Å². The molecular formula is C17H23NO2. The second kappa shape index (κ2) is 6.84. The summed E-state index contributed by atoms with van der Waals surface area (Å²) in [5.41, 5.74) is 2.16. The van der Waals surface area contributed by atoms with Crippen LogP contribution in [0.4, 0.5) is 0 Å². The fraction of sp³-hybridized carbons (Fsp3) is 0.412. The predicted molar refractivity (Wildman–Crippen MR) is 83.0 cm³/mol. The van der Waals surface area contributed by atoms with E-state index >= 15 is 0 Å². The second-order valence-corrected chi connectivity index (χ2v) is 5.50. The molecule has 0 amide bonds. The zero-order chi connectivity index (χ0) is 14.5. The van der Waals surface area contributed by atoms with Gasteiger partial charge >= 0.3 is 0 Å². The van der Waals surface area contributed by atoms with E-state index in [1.807, 2.05) is 26.2 Å². The number of ether oxygens (including phenoxy) is 1. The lowest BCUT2D eigenvalue weighted by atomic mass is 10.0. The molecule has 0 heterocycles. The Morgan fingerprint density at radius 3 is 2.55 bits per heavy atom. The van der Waals surface area contributed by atoms with Gasteiger partial charge in [-0.05, 0) is 43.4 Å². The normalized spacial score (nSPS) is 13.1. The first-order chi connectivity index (χ1) is 9.56. The highest BCUT2D eigenvalue weighted by atomic mass is 16.5. The van der Waals surface area contributed by atoms with E-state index in [2.05, 4.69) is 36.1 Å². The minimum atomic E-state index is -0.567. The quantitative estimate of drug-likeness (QED) is 0.822. The molecule has 1 N–H and O–H groups in total. The lowest BCUT2D eigenvalue weighted by molar-refractivity contribution is 0.0307. The predicted octanol–water partition coefficient (Wildman–Crippen LogP) is 2.76. The third kappa shape index (κ3) is 4.04. The van der Waals surface area contributed by atoms with Crippen molar-refractivity contribution in [3.8, 4) is 0 Å². The summed E-state index contributed by atoms with van der Waals surface area (Å²) in [6.07, 6.45) is -0.567. The average molecular weight is 273 g/mol. The van der Waals surface area contributed by atoms with Gasteiger partial charge in [0.15, 0.2) is 0 Å². The van der Waals surface area contributed by atoms with Gasteiger partial charge in [-0.25, -0.2) is 0 Å². The van der Waals surface area contributed by atoms with E-state index in [4.69, 9.17) is 4.74 Å². The van der Waals surface area contributed by atoms with Crippen molar-refractivity contribution in [2.75, 3.05) is 33.9 Å². The summed E-state index contributed by atoms with van der Waals surface area (Å²) < 4.78 is 5.50. The lowest BCUT2D eigenvalue weighted by Crippen LogP contribution is -2.19.